The molecular weight excluding hydrogens is 449 g/mol. The minimum Gasteiger partial charge on any atom is -0.464 e. The molecule has 0 fully saturated rings. The summed E-state index contributed by atoms with van der Waals surface area (Å²) in [6.45, 7) is 1.73. The highest BCUT2D eigenvalue weighted by Gasteiger charge is 2.24. The number of fused-ring (bicyclic) bond motifs is 2. The predicted octanol–water partition coefficient (Wildman–Crippen LogP) is 3.62. The zero-order valence-corrected chi connectivity index (χ0v) is 18.2. The number of hydrogen-bond acceptors (Lipinski definition) is 6. The van der Waals surface area contributed by atoms with E-state index in [0.29, 0.717) is 22.1 Å². The molecule has 0 radical (unpaired) electrons. The Balaban J connectivity index is 1.52. The van der Waals surface area contributed by atoms with E-state index in [1.807, 2.05) is 6.07 Å². The monoisotopic (exact) mass is 467 g/mol. The van der Waals surface area contributed by atoms with Gasteiger partial charge in [-0.1, -0.05) is 12.1 Å². The average Bonchev–Trinajstić information content (AvgIpc) is 3.32. The van der Waals surface area contributed by atoms with Crippen molar-refractivity contribution in [2.75, 3.05) is 5.75 Å². The van der Waals surface area contributed by atoms with Crippen LogP contribution < -0.4 is 10.9 Å². The molecule has 0 unspecified atom stereocenters. The van der Waals surface area contributed by atoms with Gasteiger partial charge in [0.1, 0.15) is 17.0 Å². The number of sulfone groups is 1. The zero-order chi connectivity index (χ0) is 23.3. The number of halogens is 1. The first kappa shape index (κ1) is 21.1. The second-order valence-electron chi connectivity index (χ2n) is 8.00. The molecule has 2 aromatic carbocycles. The maximum atomic E-state index is 13.3. The number of nitrogens with one attached hydrogen (secondary N) is 1. The van der Waals surface area contributed by atoms with Crippen LogP contribution in [-0.4, -0.2) is 26.1 Å². The van der Waals surface area contributed by atoms with Gasteiger partial charge in [0.05, 0.1) is 30.0 Å². The Labute approximate surface area is 187 Å². The van der Waals surface area contributed by atoms with Crippen molar-refractivity contribution in [3.8, 4) is 11.1 Å². The number of aryl methyl sites for hydroxylation is 1. The van der Waals surface area contributed by atoms with Gasteiger partial charge in [-0.15, -0.1) is 0 Å². The molecule has 1 amide bonds. The van der Waals surface area contributed by atoms with Gasteiger partial charge >= 0.3 is 5.63 Å². The van der Waals surface area contributed by atoms with Crippen LogP contribution in [0.15, 0.2) is 67.8 Å². The number of carbonyl (C=O) groups is 1. The average molecular weight is 467 g/mol. The standard InChI is InChI=1S/C24H18FNO6S/c1-13-17-8-19-20(14-2-4-15(25)5-3-14)11-31-21(19)10-22(17)32-24(28)18(13)9-23(27)26-16-6-7-33(29,30)12-16/h2-8,10-11,16H,9,12H2,1H3,(H,26,27)/t16-/m0/s1. The van der Waals surface area contributed by atoms with Crippen LogP contribution in [0.2, 0.25) is 0 Å². The molecule has 0 bridgehead atoms. The van der Waals surface area contributed by atoms with E-state index in [-0.39, 0.29) is 23.6 Å². The molecule has 1 atom stereocenters. The third-order valence-electron chi connectivity index (χ3n) is 5.75. The Bertz CT molecular complexity index is 1610. The molecule has 0 saturated heterocycles. The van der Waals surface area contributed by atoms with Crippen molar-refractivity contribution in [3.63, 3.8) is 0 Å². The molecule has 0 saturated carbocycles. The lowest BCUT2D eigenvalue weighted by atomic mass is 9.99. The Morgan fingerprint density at radius 1 is 1.15 bits per heavy atom. The summed E-state index contributed by atoms with van der Waals surface area (Å²) >= 11 is 0. The minimum absolute atomic E-state index is 0.191. The van der Waals surface area contributed by atoms with Gasteiger partial charge in [-0.3, -0.25) is 4.79 Å². The summed E-state index contributed by atoms with van der Waals surface area (Å²) < 4.78 is 47.5. The van der Waals surface area contributed by atoms with E-state index >= 15 is 0 Å². The van der Waals surface area contributed by atoms with Gasteiger partial charge in [-0.2, -0.15) is 0 Å². The molecule has 7 nitrogen and oxygen atoms in total. The zero-order valence-electron chi connectivity index (χ0n) is 17.4. The van der Waals surface area contributed by atoms with Crippen molar-refractivity contribution in [2.24, 2.45) is 0 Å². The largest absolute Gasteiger partial charge is 0.464 e. The number of hydrogen-bond donors (Lipinski definition) is 1. The summed E-state index contributed by atoms with van der Waals surface area (Å²) in [7, 11) is -3.31. The van der Waals surface area contributed by atoms with Crippen molar-refractivity contribution in [2.45, 2.75) is 19.4 Å². The normalized spacial score (nSPS) is 17.1. The Kier molecular flexibility index (Phi) is 4.93. The highest BCUT2D eigenvalue weighted by atomic mass is 32.2. The van der Waals surface area contributed by atoms with Crippen molar-refractivity contribution >= 4 is 37.7 Å². The van der Waals surface area contributed by atoms with Gasteiger partial charge in [-0.05, 0) is 42.3 Å². The molecule has 1 aliphatic rings. The fourth-order valence-corrected chi connectivity index (χ4v) is 5.29. The first-order valence-corrected chi connectivity index (χ1v) is 11.9. The third kappa shape index (κ3) is 3.95. The number of benzene rings is 2. The van der Waals surface area contributed by atoms with Gasteiger partial charge in [0.15, 0.2) is 9.84 Å². The van der Waals surface area contributed by atoms with Crippen LogP contribution in [0.25, 0.3) is 33.1 Å². The van der Waals surface area contributed by atoms with E-state index in [2.05, 4.69) is 5.32 Å². The SMILES string of the molecule is Cc1c(CC(=O)N[C@H]2C=CS(=O)(=O)C2)c(=O)oc2cc3occ(-c4ccc(F)cc4)c3cc12. The number of rotatable bonds is 4. The lowest BCUT2D eigenvalue weighted by Gasteiger charge is -2.11. The van der Waals surface area contributed by atoms with Crippen LogP contribution in [0, 0.1) is 12.7 Å². The molecule has 168 valence electrons. The van der Waals surface area contributed by atoms with Crippen LogP contribution in [0.3, 0.4) is 0 Å². The Hall–Kier alpha value is -3.72. The van der Waals surface area contributed by atoms with Gasteiger partial charge in [0.25, 0.3) is 0 Å². The number of furan rings is 1. The summed E-state index contributed by atoms with van der Waals surface area (Å²) in [6, 6.07) is 8.83. The quantitative estimate of drug-likeness (QED) is 0.460. The van der Waals surface area contributed by atoms with E-state index < -0.39 is 27.4 Å². The third-order valence-corrected chi connectivity index (χ3v) is 7.15. The summed E-state index contributed by atoms with van der Waals surface area (Å²) in [5, 5.41) is 5.08. The summed E-state index contributed by atoms with van der Waals surface area (Å²) in [6.07, 6.45) is 2.72. The van der Waals surface area contributed by atoms with Crippen molar-refractivity contribution in [1.29, 1.82) is 0 Å². The summed E-state index contributed by atoms with van der Waals surface area (Å²) in [5.74, 6) is -1.02. The van der Waals surface area contributed by atoms with Crippen molar-refractivity contribution in [1.82, 2.24) is 5.32 Å². The predicted molar refractivity (Wildman–Crippen MR) is 121 cm³/mol. The second kappa shape index (κ2) is 7.70. The Morgan fingerprint density at radius 2 is 1.91 bits per heavy atom. The van der Waals surface area contributed by atoms with Crippen LogP contribution >= 0.6 is 0 Å². The molecule has 4 aromatic rings. The number of amides is 1. The first-order chi connectivity index (χ1) is 15.7. The maximum absolute atomic E-state index is 13.3. The van der Waals surface area contributed by atoms with Crippen LogP contribution in [0.1, 0.15) is 11.1 Å². The van der Waals surface area contributed by atoms with Crippen molar-refractivity contribution < 1.29 is 26.4 Å². The smallest absolute Gasteiger partial charge is 0.340 e. The van der Waals surface area contributed by atoms with E-state index in [1.165, 1.54) is 18.2 Å². The molecule has 33 heavy (non-hydrogen) atoms. The Morgan fingerprint density at radius 3 is 2.61 bits per heavy atom. The second-order valence-corrected chi connectivity index (χ2v) is 9.93. The summed E-state index contributed by atoms with van der Waals surface area (Å²) in [4.78, 5) is 25.1. The van der Waals surface area contributed by atoms with E-state index in [1.54, 1.807) is 31.4 Å². The minimum atomic E-state index is -3.31. The molecule has 1 aliphatic heterocycles. The number of carbonyl (C=O) groups excluding carboxylic acids is 1. The molecule has 3 heterocycles. The van der Waals surface area contributed by atoms with Crippen LogP contribution in [0.4, 0.5) is 4.39 Å². The highest BCUT2D eigenvalue weighted by molar-refractivity contribution is 7.94. The van der Waals surface area contributed by atoms with E-state index in [9.17, 15) is 22.4 Å². The fraction of sp³-hybridized carbons (Fsp3) is 0.167. The van der Waals surface area contributed by atoms with Gasteiger partial charge in [0.2, 0.25) is 5.91 Å². The highest BCUT2D eigenvalue weighted by Crippen LogP contribution is 2.34. The molecular formula is C24H18FNO6S. The van der Waals surface area contributed by atoms with E-state index in [4.69, 9.17) is 8.83 Å². The lowest BCUT2D eigenvalue weighted by Crippen LogP contribution is -2.37. The van der Waals surface area contributed by atoms with Crippen LogP contribution in [0.5, 0.6) is 0 Å². The van der Waals surface area contributed by atoms with Crippen LogP contribution in [-0.2, 0) is 21.1 Å². The molecule has 5 rings (SSSR count). The topological polar surface area (TPSA) is 107 Å². The maximum Gasteiger partial charge on any atom is 0.340 e. The molecule has 0 spiro atoms. The van der Waals surface area contributed by atoms with Gasteiger partial charge in [-0.25, -0.2) is 17.6 Å². The molecule has 2 aromatic heterocycles. The molecule has 1 N–H and O–H groups in total. The molecule has 0 aliphatic carbocycles. The van der Waals surface area contributed by atoms with Crippen molar-refractivity contribution in [3.05, 3.63) is 81.5 Å². The lowest BCUT2D eigenvalue weighted by molar-refractivity contribution is -0.120. The van der Waals surface area contributed by atoms with Gasteiger partial charge in [0, 0.05) is 27.8 Å². The molecule has 9 heteroatoms. The first-order valence-electron chi connectivity index (χ1n) is 10.1. The summed E-state index contributed by atoms with van der Waals surface area (Å²) in [5.41, 5.74) is 2.47. The van der Waals surface area contributed by atoms with E-state index in [0.717, 1.165) is 21.9 Å². The van der Waals surface area contributed by atoms with Gasteiger partial charge < -0.3 is 14.2 Å². The fourth-order valence-electron chi connectivity index (χ4n) is 4.05.